The average Bonchev–Trinajstić information content (AvgIpc) is 3.10. The number of methoxy groups -OCH3 is 1. The van der Waals surface area contributed by atoms with Gasteiger partial charge in [0.1, 0.15) is 31.3 Å². The van der Waals surface area contributed by atoms with Crippen molar-refractivity contribution in [3.05, 3.63) is 48.7 Å². The van der Waals surface area contributed by atoms with E-state index in [0.717, 1.165) is 16.8 Å². The molecule has 0 aliphatic rings. The molecular formula is C18H16BNO5. The molecule has 0 fully saturated rings. The minimum atomic E-state index is -1.04. The Labute approximate surface area is 145 Å². The van der Waals surface area contributed by atoms with Gasteiger partial charge in [-0.3, -0.25) is 0 Å². The third-order valence-electron chi connectivity index (χ3n) is 3.60. The zero-order valence-electron chi connectivity index (χ0n) is 13.9. The highest BCUT2D eigenvalue weighted by molar-refractivity contribution is 6.32. The molecule has 7 heteroatoms. The topological polar surface area (TPSA) is 81.8 Å². The second-order valence-electron chi connectivity index (χ2n) is 5.45. The van der Waals surface area contributed by atoms with Crippen LogP contribution in [0.4, 0.5) is 0 Å². The van der Waals surface area contributed by atoms with Crippen LogP contribution in [0.3, 0.4) is 0 Å². The van der Waals surface area contributed by atoms with Gasteiger partial charge in [0.25, 0.3) is 0 Å². The summed E-state index contributed by atoms with van der Waals surface area (Å²) in [5.74, 6) is 0.620. The monoisotopic (exact) mass is 337 g/mol. The highest BCUT2D eigenvalue weighted by Crippen LogP contribution is 2.31. The van der Waals surface area contributed by atoms with Crippen molar-refractivity contribution in [3.8, 4) is 34.2 Å². The summed E-state index contributed by atoms with van der Waals surface area (Å²) in [6.45, 7) is -0.417. The number of carboxylic acid groups (broad SMARTS) is 1. The van der Waals surface area contributed by atoms with Crippen LogP contribution < -0.4 is 14.9 Å². The molecule has 0 unspecified atom stereocenters. The number of carbonyl (C=O) groups is 1. The lowest BCUT2D eigenvalue weighted by Gasteiger charge is -2.09. The van der Waals surface area contributed by atoms with E-state index < -0.39 is 12.6 Å². The Balaban J connectivity index is 1.93. The van der Waals surface area contributed by atoms with E-state index in [4.69, 9.17) is 19.0 Å². The third kappa shape index (κ3) is 3.83. The summed E-state index contributed by atoms with van der Waals surface area (Å²) >= 11 is 0. The van der Waals surface area contributed by atoms with Gasteiger partial charge in [-0.05, 0) is 30.3 Å². The van der Waals surface area contributed by atoms with Crippen LogP contribution in [0.1, 0.15) is 0 Å². The summed E-state index contributed by atoms with van der Waals surface area (Å²) in [4.78, 5) is 15.3. The highest BCUT2D eigenvalue weighted by Gasteiger charge is 2.14. The van der Waals surface area contributed by atoms with E-state index in [1.165, 1.54) is 6.26 Å². The molecule has 2 aromatic carbocycles. The Kier molecular flexibility index (Phi) is 4.74. The molecule has 25 heavy (non-hydrogen) atoms. The van der Waals surface area contributed by atoms with Gasteiger partial charge < -0.3 is 19.0 Å². The Hall–Kier alpha value is -3.22. The maximum atomic E-state index is 10.8. The Morgan fingerprint density at radius 3 is 2.68 bits per heavy atom. The van der Waals surface area contributed by atoms with Crippen LogP contribution >= 0.6 is 0 Å². The zero-order chi connectivity index (χ0) is 17.8. The molecule has 0 spiro atoms. The summed E-state index contributed by atoms with van der Waals surface area (Å²) in [5.41, 5.74) is 3.08. The van der Waals surface area contributed by atoms with Crippen LogP contribution in [-0.4, -0.2) is 37.6 Å². The second-order valence-corrected chi connectivity index (χ2v) is 5.45. The summed E-state index contributed by atoms with van der Waals surface area (Å²) in [7, 11) is 3.55. The average molecular weight is 337 g/mol. The van der Waals surface area contributed by atoms with Gasteiger partial charge in [-0.25, -0.2) is 9.78 Å². The summed E-state index contributed by atoms with van der Waals surface area (Å²) in [6.07, 6.45) is 1.53. The van der Waals surface area contributed by atoms with Gasteiger partial charge in [-0.1, -0.05) is 17.6 Å². The van der Waals surface area contributed by atoms with E-state index in [9.17, 15) is 4.79 Å². The Morgan fingerprint density at radius 2 is 2.00 bits per heavy atom. The lowest BCUT2D eigenvalue weighted by atomic mass is 9.93. The maximum Gasteiger partial charge on any atom is 0.341 e. The van der Waals surface area contributed by atoms with Gasteiger partial charge in [0.2, 0.25) is 5.89 Å². The largest absolute Gasteiger partial charge is 0.497 e. The van der Waals surface area contributed by atoms with Crippen molar-refractivity contribution >= 4 is 19.3 Å². The molecule has 0 atom stereocenters. The first kappa shape index (κ1) is 16.6. The quantitative estimate of drug-likeness (QED) is 0.690. The number of benzene rings is 2. The van der Waals surface area contributed by atoms with Crippen molar-refractivity contribution in [1.29, 1.82) is 0 Å². The van der Waals surface area contributed by atoms with Crippen molar-refractivity contribution in [3.63, 3.8) is 0 Å². The van der Waals surface area contributed by atoms with Crippen LogP contribution in [0.15, 0.2) is 53.1 Å². The van der Waals surface area contributed by atoms with Crippen LogP contribution in [0.2, 0.25) is 0 Å². The van der Waals surface area contributed by atoms with E-state index in [1.807, 2.05) is 44.2 Å². The molecule has 1 aromatic heterocycles. The smallest absolute Gasteiger partial charge is 0.341 e. The molecule has 126 valence electrons. The van der Waals surface area contributed by atoms with Crippen LogP contribution in [0.25, 0.3) is 22.7 Å². The molecule has 0 saturated carbocycles. The van der Waals surface area contributed by atoms with Crippen molar-refractivity contribution in [2.45, 2.75) is 0 Å². The molecular weight excluding hydrogens is 321 g/mol. The molecule has 0 aliphatic carbocycles. The molecule has 0 bridgehead atoms. The fraction of sp³-hybridized carbons (Fsp3) is 0.111. The second kappa shape index (κ2) is 7.13. The number of aliphatic carboxylic acids is 1. The van der Waals surface area contributed by atoms with Gasteiger partial charge in [0, 0.05) is 11.1 Å². The molecule has 3 aromatic rings. The molecule has 0 amide bonds. The first-order valence-corrected chi connectivity index (χ1v) is 7.62. The Morgan fingerprint density at radius 1 is 1.24 bits per heavy atom. The van der Waals surface area contributed by atoms with Gasteiger partial charge in [-0.2, -0.15) is 0 Å². The minimum absolute atomic E-state index is 0.417. The number of hydrogen-bond donors (Lipinski definition) is 1. The van der Waals surface area contributed by atoms with E-state index in [1.54, 1.807) is 13.2 Å². The van der Waals surface area contributed by atoms with Crippen LogP contribution in [0.5, 0.6) is 11.5 Å². The molecule has 6 nitrogen and oxygen atoms in total. The number of hydrogen-bond acceptors (Lipinski definition) is 5. The molecule has 1 heterocycles. The molecule has 0 aliphatic heterocycles. The van der Waals surface area contributed by atoms with Crippen LogP contribution in [-0.2, 0) is 4.79 Å². The van der Waals surface area contributed by atoms with E-state index >= 15 is 0 Å². The number of ether oxygens (including phenoxy) is 2. The predicted molar refractivity (Wildman–Crippen MR) is 95.2 cm³/mol. The van der Waals surface area contributed by atoms with Crippen molar-refractivity contribution in [2.24, 2.45) is 0 Å². The molecule has 1 N–H and O–H groups in total. The number of carboxylic acids is 1. The maximum absolute atomic E-state index is 10.8. The summed E-state index contributed by atoms with van der Waals surface area (Å²) in [5, 5.41) is 8.82. The molecule has 0 saturated heterocycles. The first-order chi connectivity index (χ1) is 12.1. The normalized spacial score (nSPS) is 10.4. The number of nitrogens with zero attached hydrogens (tertiary/aromatic N) is 1. The van der Waals surface area contributed by atoms with Gasteiger partial charge in [0.15, 0.2) is 6.61 Å². The first-order valence-electron chi connectivity index (χ1n) is 7.62. The lowest BCUT2D eigenvalue weighted by molar-refractivity contribution is -0.139. The molecule has 0 radical (unpaired) electrons. The fourth-order valence-electron chi connectivity index (χ4n) is 2.37. The number of rotatable bonds is 6. The summed E-state index contributed by atoms with van der Waals surface area (Å²) in [6, 6.07) is 12.8. The standard InChI is InChI=1S/C18H16BNO5/c1-23-13-5-2-11(3-6-13)18-20-15(9-25-18)14-8-12(19)4-7-16(14)24-10-17(21)22/h2-9H,10,19H2,1H3,(H,21,22). The van der Waals surface area contributed by atoms with Gasteiger partial charge in [-0.15, -0.1) is 0 Å². The van der Waals surface area contributed by atoms with Crippen molar-refractivity contribution in [2.75, 3.05) is 13.7 Å². The van der Waals surface area contributed by atoms with Crippen molar-refractivity contribution < 1.29 is 23.8 Å². The zero-order valence-corrected chi connectivity index (χ0v) is 13.9. The van der Waals surface area contributed by atoms with Crippen LogP contribution in [0, 0.1) is 0 Å². The fourth-order valence-corrected chi connectivity index (χ4v) is 2.37. The highest BCUT2D eigenvalue weighted by atomic mass is 16.5. The number of aromatic nitrogens is 1. The third-order valence-corrected chi connectivity index (χ3v) is 3.60. The van der Waals surface area contributed by atoms with E-state index in [-0.39, 0.29) is 0 Å². The number of oxazole rings is 1. The van der Waals surface area contributed by atoms with E-state index in [2.05, 4.69) is 4.98 Å². The predicted octanol–water partition coefficient (Wildman–Crippen LogP) is 1.74. The van der Waals surface area contributed by atoms with Crippen molar-refractivity contribution in [1.82, 2.24) is 4.98 Å². The lowest BCUT2D eigenvalue weighted by Crippen LogP contribution is -2.11. The SMILES string of the molecule is Bc1ccc(OCC(=O)O)c(-c2coc(-c3ccc(OC)cc3)n2)c1. The summed E-state index contributed by atoms with van der Waals surface area (Å²) < 4.78 is 16.1. The van der Waals surface area contributed by atoms with Gasteiger partial charge in [0.05, 0.1) is 7.11 Å². The van der Waals surface area contributed by atoms with Gasteiger partial charge >= 0.3 is 5.97 Å². The van der Waals surface area contributed by atoms with E-state index in [0.29, 0.717) is 22.9 Å². The molecule has 3 rings (SSSR count). The minimum Gasteiger partial charge on any atom is -0.497 e. The Bertz CT molecular complexity index is 889.